The molecule has 7 heterocycles. The van der Waals surface area contributed by atoms with Gasteiger partial charge in [0.2, 0.25) is 0 Å². The zero-order valence-electron chi connectivity index (χ0n) is 22.0. The number of aromatic nitrogens is 8. The molecule has 0 amide bonds. The second kappa shape index (κ2) is 10.9. The molecule has 3 fully saturated rings. The smallest absolute Gasteiger partial charge is 0.387 e. The minimum Gasteiger partial charge on any atom is -0.387 e. The van der Waals surface area contributed by atoms with Gasteiger partial charge in [-0.05, 0) is 11.8 Å². The number of imidazole rings is 2. The monoisotopic (exact) mass is 676 g/mol. The molecule has 0 saturated carbocycles. The van der Waals surface area contributed by atoms with E-state index in [1.165, 1.54) is 28.1 Å². The van der Waals surface area contributed by atoms with Crippen LogP contribution in [0.1, 0.15) is 12.5 Å². The van der Waals surface area contributed by atoms with Crippen molar-refractivity contribution in [1.29, 1.82) is 0 Å². The van der Waals surface area contributed by atoms with E-state index in [2.05, 4.69) is 29.9 Å². The van der Waals surface area contributed by atoms with E-state index >= 15 is 4.39 Å². The fourth-order valence-electron chi connectivity index (χ4n) is 5.19. The maximum absolute atomic E-state index is 15.9. The van der Waals surface area contributed by atoms with Crippen molar-refractivity contribution in [3.63, 3.8) is 0 Å². The Balaban J connectivity index is 1.20. The van der Waals surface area contributed by atoms with Gasteiger partial charge >= 0.3 is 14.5 Å². The van der Waals surface area contributed by atoms with Crippen LogP contribution in [-0.4, -0.2) is 104 Å². The van der Waals surface area contributed by atoms with Gasteiger partial charge in [0.05, 0.1) is 25.9 Å². The molecule has 4 aromatic rings. The Morgan fingerprint density at radius 2 is 1.41 bits per heavy atom. The molecule has 236 valence electrons. The Hall–Kier alpha value is -2.85. The van der Waals surface area contributed by atoms with Gasteiger partial charge in [-0.3, -0.25) is 22.7 Å². The number of aliphatic hydroxyl groups excluding tert-OH is 1. The van der Waals surface area contributed by atoms with Crippen LogP contribution in [0.4, 0.5) is 16.0 Å². The lowest BCUT2D eigenvalue weighted by Gasteiger charge is -2.27. The minimum atomic E-state index is -5.05. The fourth-order valence-corrected chi connectivity index (χ4v) is 7.56. The number of phosphoric ester groups is 1. The lowest BCUT2D eigenvalue weighted by molar-refractivity contribution is -0.0635. The number of nitrogens with zero attached hydrogens (tertiary/aromatic N) is 8. The van der Waals surface area contributed by atoms with Gasteiger partial charge in [0.25, 0.3) is 0 Å². The third kappa shape index (κ3) is 5.15. The molecule has 8 unspecified atom stereocenters. The number of fused-ring (bicyclic) bond motifs is 5. The molecule has 44 heavy (non-hydrogen) atoms. The van der Waals surface area contributed by atoms with E-state index < -0.39 is 76.9 Å². The van der Waals surface area contributed by atoms with Crippen LogP contribution in [0.25, 0.3) is 22.3 Å². The summed E-state index contributed by atoms with van der Waals surface area (Å²) >= 11 is 5.21. The van der Waals surface area contributed by atoms with E-state index in [-0.39, 0.29) is 34.0 Å². The summed E-state index contributed by atoms with van der Waals surface area (Å²) < 4.78 is 64.7. The topological polar surface area (TPSA) is 272 Å². The molecule has 0 aliphatic carbocycles. The highest BCUT2D eigenvalue weighted by molar-refractivity contribution is 8.07. The van der Waals surface area contributed by atoms with Crippen LogP contribution in [0.5, 0.6) is 0 Å². The number of hydrogen-bond donors (Lipinski definition) is 5. The zero-order valence-corrected chi connectivity index (χ0v) is 24.6. The Morgan fingerprint density at radius 3 is 2.05 bits per heavy atom. The van der Waals surface area contributed by atoms with E-state index in [0.29, 0.717) is 0 Å². The number of alkyl halides is 1. The molecule has 3 aliphatic heterocycles. The number of anilines is 2. The van der Waals surface area contributed by atoms with Gasteiger partial charge in [-0.2, -0.15) is 0 Å². The maximum Gasteiger partial charge on any atom is 0.472 e. The summed E-state index contributed by atoms with van der Waals surface area (Å²) in [7, 11) is -5.05. The molecule has 7 rings (SSSR count). The lowest BCUT2D eigenvalue weighted by atomic mass is 10.1. The molecule has 7 N–H and O–H groups in total. The molecule has 10 atom stereocenters. The molecule has 0 aromatic carbocycles. The van der Waals surface area contributed by atoms with Crippen molar-refractivity contribution < 1.29 is 51.4 Å². The first-order valence-corrected chi connectivity index (χ1v) is 16.8. The van der Waals surface area contributed by atoms with Gasteiger partial charge in [-0.25, -0.2) is 38.9 Å². The summed E-state index contributed by atoms with van der Waals surface area (Å²) in [5.74, 6) is 0.101. The van der Waals surface area contributed by atoms with Crippen molar-refractivity contribution in [3.8, 4) is 0 Å². The minimum absolute atomic E-state index is 0.0348. The highest BCUT2D eigenvalue weighted by Crippen LogP contribution is 2.54. The number of rotatable bonds is 2. The van der Waals surface area contributed by atoms with Crippen molar-refractivity contribution in [3.05, 3.63) is 25.3 Å². The Kier molecular flexibility index (Phi) is 7.39. The highest BCUT2D eigenvalue weighted by atomic mass is 32.5. The molecule has 3 aliphatic rings. The van der Waals surface area contributed by atoms with Crippen LogP contribution in [0, 0.1) is 0 Å². The number of halogens is 1. The van der Waals surface area contributed by atoms with Gasteiger partial charge in [0, 0.05) is 0 Å². The van der Waals surface area contributed by atoms with Gasteiger partial charge in [0.15, 0.2) is 41.6 Å². The average molecular weight is 676 g/mol. The Bertz CT molecular complexity index is 1830. The predicted octanol–water partition coefficient (Wildman–Crippen LogP) is -0.541. The molecule has 24 heteroatoms. The summed E-state index contributed by atoms with van der Waals surface area (Å²) in [6.07, 6.45) is -7.61. The van der Waals surface area contributed by atoms with Gasteiger partial charge in [0.1, 0.15) is 54.2 Å². The van der Waals surface area contributed by atoms with Crippen molar-refractivity contribution in [1.82, 2.24) is 39.0 Å². The summed E-state index contributed by atoms with van der Waals surface area (Å²) in [6, 6.07) is 0. The number of phosphoric acid groups is 1. The molecule has 2 bridgehead atoms. The average Bonchev–Trinajstić information content (AvgIpc) is 3.73. The number of nitrogen functional groups attached to an aromatic ring is 2. The fraction of sp³-hybridized carbons (Fsp3) is 0.500. The maximum atomic E-state index is 15.9. The van der Waals surface area contributed by atoms with Gasteiger partial charge in [-0.15, -0.1) is 0 Å². The summed E-state index contributed by atoms with van der Waals surface area (Å²) in [5.41, 5.74) is 12.4. The third-order valence-corrected chi connectivity index (χ3v) is 9.76. The van der Waals surface area contributed by atoms with Crippen LogP contribution in [0.3, 0.4) is 0 Å². The summed E-state index contributed by atoms with van der Waals surface area (Å²) in [5, 5.41) is 11.1. The van der Waals surface area contributed by atoms with E-state index in [0.717, 1.165) is 6.33 Å². The number of nitrogens with two attached hydrogens (primary N) is 2. The molecule has 3 saturated heterocycles. The van der Waals surface area contributed by atoms with Gasteiger partial charge < -0.3 is 40.4 Å². The van der Waals surface area contributed by atoms with Crippen LogP contribution in [-0.2, 0) is 43.9 Å². The van der Waals surface area contributed by atoms with Crippen LogP contribution in [0.2, 0.25) is 0 Å². The predicted molar refractivity (Wildman–Crippen MR) is 146 cm³/mol. The van der Waals surface area contributed by atoms with Crippen molar-refractivity contribution in [2.75, 3.05) is 24.7 Å². The summed E-state index contributed by atoms with van der Waals surface area (Å²) in [6.45, 7) is -5.66. The van der Waals surface area contributed by atoms with Crippen LogP contribution >= 0.6 is 14.5 Å². The molecule has 20 nitrogen and oxygen atoms in total. The normalized spacial score (nSPS) is 38.3. The molecule has 0 spiro atoms. The molecule has 0 radical (unpaired) electrons. The highest BCUT2D eigenvalue weighted by Gasteiger charge is 2.54. The van der Waals surface area contributed by atoms with Gasteiger partial charge in [-0.1, -0.05) is 0 Å². The number of aliphatic hydroxyl groups is 1. The summed E-state index contributed by atoms with van der Waals surface area (Å²) in [4.78, 5) is 45.8. The quantitative estimate of drug-likeness (QED) is 0.167. The first-order chi connectivity index (χ1) is 20.9. The molecular weight excluding hydrogens is 653 g/mol. The number of ether oxygens (including phenoxy) is 2. The van der Waals surface area contributed by atoms with Crippen LogP contribution < -0.4 is 11.5 Å². The van der Waals surface area contributed by atoms with E-state index in [9.17, 15) is 19.5 Å². The van der Waals surface area contributed by atoms with Crippen molar-refractivity contribution >= 4 is 60.3 Å². The molecular formula is C20H23FN10O10P2S. The first-order valence-electron chi connectivity index (χ1n) is 12.7. The second-order valence-corrected chi connectivity index (χ2v) is 14.1. The standard InChI is InChI=1S/C20H23FN10O10P2S/c21-9-13-8(39-19(9)30-5-28-10-15(22)24-3-26-17(10)30)2-37-43(35,44)41-14-12(32)7(1-36-42(33,34)40-13)38-20(14)31-6-29-11-16(23)25-4-27-18(11)31/h3-9,12-14,19-20,32H,1-2H2,(H,33,34)(H,35,44)(H2,22,24,26)(H2,23,25,27)/t7?,8-,9?,12?,13?,14?,19?,20-,43?/m1/s1. The Morgan fingerprint density at radius 1 is 0.841 bits per heavy atom. The van der Waals surface area contributed by atoms with Crippen LogP contribution in [0.15, 0.2) is 25.3 Å². The number of hydrogen-bond acceptors (Lipinski definition) is 17. The zero-order chi connectivity index (χ0) is 31.0. The van der Waals surface area contributed by atoms with E-state index in [1.54, 1.807) is 0 Å². The van der Waals surface area contributed by atoms with E-state index in [1.807, 2.05) is 0 Å². The van der Waals surface area contributed by atoms with Crippen molar-refractivity contribution in [2.45, 2.75) is 49.1 Å². The van der Waals surface area contributed by atoms with E-state index in [4.69, 9.17) is 50.8 Å². The second-order valence-electron chi connectivity index (χ2n) is 9.90. The van der Waals surface area contributed by atoms with Crippen molar-refractivity contribution in [2.24, 2.45) is 0 Å². The lowest BCUT2D eigenvalue weighted by Crippen LogP contribution is -2.35. The SMILES string of the molecule is Nc1ncnc2c1ncn2C1O[C@@H]2COP(O)(=S)OC3C(O)C(COP(=O)(O)OC2C1F)O[C@H]3n1cnc2c(N)ncnc21. The third-order valence-electron chi connectivity index (χ3n) is 7.22. The Labute approximate surface area is 249 Å². The molecule has 4 aromatic heterocycles. The largest absolute Gasteiger partial charge is 0.472 e. The first kappa shape index (κ1) is 29.8.